The van der Waals surface area contributed by atoms with Gasteiger partial charge in [0.15, 0.2) is 0 Å². The normalized spacial score (nSPS) is 19.2. The van der Waals surface area contributed by atoms with E-state index in [1.54, 1.807) is 0 Å². The summed E-state index contributed by atoms with van der Waals surface area (Å²) in [6.07, 6.45) is 8.00. The number of hydrogen-bond donors (Lipinski definition) is 0. The van der Waals surface area contributed by atoms with E-state index in [1.807, 2.05) is 56.8 Å². The Morgan fingerprint density at radius 2 is 0.778 bits per heavy atom. The molecule has 0 aromatic carbocycles. The van der Waals surface area contributed by atoms with Crippen molar-refractivity contribution in [3.05, 3.63) is 55.3 Å². The first kappa shape index (κ1) is 21.2. The summed E-state index contributed by atoms with van der Waals surface area (Å²) in [5.74, 6) is 7.34. The third kappa shape index (κ3) is 7.49. The van der Waals surface area contributed by atoms with Crippen molar-refractivity contribution >= 4 is 9.69 Å². The first-order valence-corrected chi connectivity index (χ1v) is 8.28. The molecular formula is C16H25ClRu. The Labute approximate surface area is 130 Å². The van der Waals surface area contributed by atoms with E-state index < -0.39 is 0 Å². The molecule has 0 atom stereocenters. The number of halogens is 1. The van der Waals surface area contributed by atoms with Gasteiger partial charge in [-0.1, -0.05) is 48.5 Å². The Bertz CT molecular complexity index is 124. The van der Waals surface area contributed by atoms with Gasteiger partial charge in [0, 0.05) is 0 Å². The van der Waals surface area contributed by atoms with E-state index in [9.17, 15) is 0 Å². The van der Waals surface area contributed by atoms with Crippen LogP contribution in [0.2, 0.25) is 0 Å². The summed E-state index contributed by atoms with van der Waals surface area (Å²) in [5.41, 5.74) is 0. The third-order valence-corrected chi connectivity index (χ3v) is 3.31. The molecule has 0 spiro atoms. The van der Waals surface area contributed by atoms with E-state index in [-0.39, 0.29) is 0 Å². The average molecular weight is 354 g/mol. The van der Waals surface area contributed by atoms with Gasteiger partial charge in [-0.2, -0.15) is 0 Å². The van der Waals surface area contributed by atoms with Crippen LogP contribution in [-0.2, 0) is 17.3 Å². The standard InChI is InChI=1S/C10H15.C6H10.ClH.Ru/c1-6-7(2)9(4)10(5)8(6)3;1-3-5-6-4-2;;/h1-5H3;3-6H,1-2H3;1H;/q;;;+1/p-1. The molecule has 1 aliphatic carbocycles. The average Bonchev–Trinajstić information content (AvgIpc) is 2.57. The van der Waals surface area contributed by atoms with Crippen LogP contribution < -0.4 is 0 Å². The van der Waals surface area contributed by atoms with E-state index >= 15 is 0 Å². The van der Waals surface area contributed by atoms with Crippen molar-refractivity contribution in [2.45, 2.75) is 48.5 Å². The van der Waals surface area contributed by atoms with E-state index in [4.69, 9.17) is 0 Å². The fourth-order valence-electron chi connectivity index (χ4n) is 1.63. The molecule has 0 unspecified atom stereocenters. The molecule has 0 N–H and O–H groups in total. The van der Waals surface area contributed by atoms with Crippen molar-refractivity contribution in [1.82, 2.24) is 0 Å². The molecular weight excluding hydrogens is 329 g/mol. The zero-order chi connectivity index (χ0) is 14.7. The number of unbranched alkanes of at least 4 members (excludes halogenated alkanes) is 3. The van der Waals surface area contributed by atoms with E-state index in [1.165, 1.54) is 29.6 Å². The molecule has 0 aromatic heterocycles. The Balaban J connectivity index is 0. The molecule has 2 heteroatoms. The summed E-state index contributed by atoms with van der Waals surface area (Å²) in [4.78, 5) is 0. The molecule has 1 saturated carbocycles. The summed E-state index contributed by atoms with van der Waals surface area (Å²) >= 11 is 1.82. The first-order chi connectivity index (χ1) is 8.47. The second-order valence-corrected chi connectivity index (χ2v) is 4.18. The summed E-state index contributed by atoms with van der Waals surface area (Å²) in [6.45, 7) is 15.0. The molecule has 1 aliphatic rings. The van der Waals surface area contributed by atoms with Crippen LogP contribution in [0.25, 0.3) is 0 Å². The summed E-state index contributed by atoms with van der Waals surface area (Å²) < 4.78 is 0. The van der Waals surface area contributed by atoms with Gasteiger partial charge in [-0.15, -0.1) is 0 Å². The molecule has 0 nitrogen and oxygen atoms in total. The van der Waals surface area contributed by atoms with Crippen molar-refractivity contribution < 1.29 is 17.3 Å². The van der Waals surface area contributed by atoms with Crippen LogP contribution in [0.4, 0.5) is 0 Å². The number of rotatable bonds is 3. The van der Waals surface area contributed by atoms with Gasteiger partial charge >= 0.3 is 27.0 Å². The molecule has 0 saturated heterocycles. The predicted molar refractivity (Wildman–Crippen MR) is 79.0 cm³/mol. The monoisotopic (exact) mass is 354 g/mol. The minimum absolute atomic E-state index is 1.47. The fourth-order valence-corrected chi connectivity index (χ4v) is 1.63. The molecule has 0 amide bonds. The van der Waals surface area contributed by atoms with E-state index in [0.717, 1.165) is 0 Å². The predicted octanol–water partition coefficient (Wildman–Crippen LogP) is 5.50. The van der Waals surface area contributed by atoms with Gasteiger partial charge < -0.3 is 0 Å². The van der Waals surface area contributed by atoms with Gasteiger partial charge in [0.2, 0.25) is 0 Å². The van der Waals surface area contributed by atoms with Gasteiger partial charge in [0.05, 0.1) is 0 Å². The molecule has 0 heterocycles. The Morgan fingerprint density at radius 1 is 0.611 bits per heavy atom. The molecule has 0 bridgehead atoms. The van der Waals surface area contributed by atoms with Crippen LogP contribution in [0.5, 0.6) is 0 Å². The van der Waals surface area contributed by atoms with Crippen molar-refractivity contribution in [3.8, 4) is 0 Å². The van der Waals surface area contributed by atoms with Crippen LogP contribution >= 0.6 is 9.69 Å². The third-order valence-electron chi connectivity index (χ3n) is 3.31. The Kier molecular flexibility index (Phi) is 15.2. The van der Waals surface area contributed by atoms with E-state index in [2.05, 4.69) is 44.3 Å². The molecule has 9 radical (unpaired) electrons. The van der Waals surface area contributed by atoms with Gasteiger partial charge in [-0.3, -0.25) is 0 Å². The molecule has 1 fully saturated rings. The van der Waals surface area contributed by atoms with Crippen molar-refractivity contribution in [2.75, 3.05) is 0 Å². The van der Waals surface area contributed by atoms with Crippen molar-refractivity contribution in [1.29, 1.82) is 0 Å². The maximum atomic E-state index is 4.57. The summed E-state index contributed by atoms with van der Waals surface area (Å²) in [7, 11) is 4.57. The molecule has 0 aliphatic heterocycles. The second kappa shape index (κ2) is 12.9. The minimum atomic E-state index is 1.47. The fraction of sp³-hybridized carbons (Fsp3) is 0.438. The van der Waals surface area contributed by atoms with Crippen LogP contribution in [-0.4, -0.2) is 0 Å². The van der Waals surface area contributed by atoms with Crippen molar-refractivity contribution in [2.24, 2.45) is 0 Å². The van der Waals surface area contributed by atoms with Crippen LogP contribution in [0.1, 0.15) is 48.5 Å². The Hall–Kier alpha value is 0.913. The first-order valence-electron chi connectivity index (χ1n) is 6.04. The van der Waals surface area contributed by atoms with Gasteiger partial charge in [-0.25, -0.2) is 0 Å². The SMILES string of the molecule is C[CH][CH][CH][CH]C.C[C]1[C](C)[C](C)[C](C)[C]1C.[Cl][Ru]. The van der Waals surface area contributed by atoms with Gasteiger partial charge in [-0.05, 0) is 55.3 Å². The van der Waals surface area contributed by atoms with Crippen molar-refractivity contribution in [3.63, 3.8) is 0 Å². The topological polar surface area (TPSA) is 0 Å². The summed E-state index contributed by atoms with van der Waals surface area (Å²) in [5, 5.41) is 0. The molecule has 0 aromatic rings. The molecule has 104 valence electrons. The zero-order valence-corrected chi connectivity index (χ0v) is 15.0. The van der Waals surface area contributed by atoms with Gasteiger partial charge in [0.25, 0.3) is 0 Å². The van der Waals surface area contributed by atoms with Crippen LogP contribution in [0, 0.1) is 55.3 Å². The summed E-state index contributed by atoms with van der Waals surface area (Å²) in [6, 6.07) is 0. The Morgan fingerprint density at radius 3 is 0.889 bits per heavy atom. The van der Waals surface area contributed by atoms with E-state index in [0.29, 0.717) is 0 Å². The van der Waals surface area contributed by atoms with Gasteiger partial charge in [0.1, 0.15) is 0 Å². The number of hydrogen-bond acceptors (Lipinski definition) is 0. The van der Waals surface area contributed by atoms with Crippen LogP contribution in [0.15, 0.2) is 0 Å². The second-order valence-electron chi connectivity index (χ2n) is 4.18. The quantitative estimate of drug-likeness (QED) is 0.464. The molecule has 18 heavy (non-hydrogen) atoms. The van der Waals surface area contributed by atoms with Crippen LogP contribution in [0.3, 0.4) is 0 Å². The molecule has 1 rings (SSSR count). The zero-order valence-electron chi connectivity index (χ0n) is 12.5. The maximum absolute atomic E-state index is 4.57.